The highest BCUT2D eigenvalue weighted by atomic mass is 32.1. The summed E-state index contributed by atoms with van der Waals surface area (Å²) in [7, 11) is 0. The molecule has 0 aromatic carbocycles. The number of thiophene rings is 1. The molecule has 2 unspecified atom stereocenters. The number of piperazine rings is 1. The molecule has 21 heavy (non-hydrogen) atoms. The first kappa shape index (κ1) is 16.0. The second-order valence-electron chi connectivity index (χ2n) is 6.03. The predicted molar refractivity (Wildman–Crippen MR) is 85.1 cm³/mol. The molecule has 0 aliphatic carbocycles. The third kappa shape index (κ3) is 3.28. The SMILES string of the molecule is CCCC1NC(=O)C(C(C)C)N(Cc2sccc2C)C1=O. The van der Waals surface area contributed by atoms with Gasteiger partial charge in [0, 0.05) is 4.88 Å². The first-order valence-electron chi connectivity index (χ1n) is 7.59. The van der Waals surface area contributed by atoms with Crippen molar-refractivity contribution in [3.05, 3.63) is 21.9 Å². The molecule has 2 rings (SSSR count). The van der Waals surface area contributed by atoms with Crippen LogP contribution in [0.25, 0.3) is 0 Å². The monoisotopic (exact) mass is 308 g/mol. The second kappa shape index (κ2) is 6.60. The minimum atomic E-state index is -0.368. The summed E-state index contributed by atoms with van der Waals surface area (Å²) in [5.74, 6) is 0.150. The number of carbonyl (C=O) groups is 2. The highest BCUT2D eigenvalue weighted by Gasteiger charge is 2.41. The number of hydrogen-bond acceptors (Lipinski definition) is 3. The summed E-state index contributed by atoms with van der Waals surface area (Å²) >= 11 is 1.65. The molecule has 116 valence electrons. The molecule has 1 saturated heterocycles. The number of aryl methyl sites for hydroxylation is 1. The summed E-state index contributed by atoms with van der Waals surface area (Å²) in [4.78, 5) is 28.1. The zero-order valence-electron chi connectivity index (χ0n) is 13.2. The Kier molecular flexibility index (Phi) is 5.04. The Morgan fingerprint density at radius 2 is 2.10 bits per heavy atom. The Morgan fingerprint density at radius 1 is 1.38 bits per heavy atom. The largest absolute Gasteiger partial charge is 0.342 e. The van der Waals surface area contributed by atoms with E-state index in [1.54, 1.807) is 16.2 Å². The van der Waals surface area contributed by atoms with E-state index in [4.69, 9.17) is 0 Å². The lowest BCUT2D eigenvalue weighted by Crippen LogP contribution is -2.64. The molecular formula is C16H24N2O2S. The maximum Gasteiger partial charge on any atom is 0.246 e. The Bertz CT molecular complexity index is 524. The molecule has 2 heterocycles. The van der Waals surface area contributed by atoms with Gasteiger partial charge in [0.2, 0.25) is 11.8 Å². The number of amides is 2. The van der Waals surface area contributed by atoms with Crippen molar-refractivity contribution in [2.45, 2.75) is 59.2 Å². The van der Waals surface area contributed by atoms with E-state index in [1.165, 1.54) is 10.4 Å². The van der Waals surface area contributed by atoms with Crippen LogP contribution in [-0.2, 0) is 16.1 Å². The van der Waals surface area contributed by atoms with E-state index in [1.807, 2.05) is 33.1 Å². The van der Waals surface area contributed by atoms with Crippen LogP contribution in [0.1, 0.15) is 44.1 Å². The van der Waals surface area contributed by atoms with Gasteiger partial charge in [-0.15, -0.1) is 11.3 Å². The first-order valence-corrected chi connectivity index (χ1v) is 8.47. The van der Waals surface area contributed by atoms with Crippen LogP contribution < -0.4 is 5.32 Å². The highest BCUT2D eigenvalue weighted by molar-refractivity contribution is 7.10. The van der Waals surface area contributed by atoms with Crippen molar-refractivity contribution in [3.8, 4) is 0 Å². The molecule has 1 aliphatic rings. The fraction of sp³-hybridized carbons (Fsp3) is 0.625. The van der Waals surface area contributed by atoms with Crippen LogP contribution >= 0.6 is 11.3 Å². The maximum absolute atomic E-state index is 12.7. The molecular weight excluding hydrogens is 284 g/mol. The lowest BCUT2D eigenvalue weighted by Gasteiger charge is -2.40. The quantitative estimate of drug-likeness (QED) is 0.909. The summed E-state index contributed by atoms with van der Waals surface area (Å²) < 4.78 is 0. The van der Waals surface area contributed by atoms with Crippen molar-refractivity contribution in [1.29, 1.82) is 0 Å². The molecule has 2 atom stereocenters. The molecule has 0 saturated carbocycles. The first-order chi connectivity index (χ1) is 9.95. The fourth-order valence-corrected chi connectivity index (χ4v) is 3.75. The zero-order valence-corrected chi connectivity index (χ0v) is 14.0. The lowest BCUT2D eigenvalue weighted by atomic mass is 9.95. The van der Waals surface area contributed by atoms with Gasteiger partial charge in [0.25, 0.3) is 0 Å². The van der Waals surface area contributed by atoms with Gasteiger partial charge >= 0.3 is 0 Å². The zero-order chi connectivity index (χ0) is 15.6. The van der Waals surface area contributed by atoms with Crippen molar-refractivity contribution in [2.75, 3.05) is 0 Å². The van der Waals surface area contributed by atoms with E-state index < -0.39 is 0 Å². The standard InChI is InChI=1S/C16H24N2O2S/c1-5-6-12-16(20)18(9-13-11(4)7-8-21-13)14(10(2)3)15(19)17-12/h7-8,10,12,14H,5-6,9H2,1-4H3,(H,17,19). The van der Waals surface area contributed by atoms with Crippen molar-refractivity contribution in [2.24, 2.45) is 5.92 Å². The molecule has 5 heteroatoms. The summed E-state index contributed by atoms with van der Waals surface area (Å²) in [6.45, 7) is 8.60. The van der Waals surface area contributed by atoms with E-state index in [9.17, 15) is 9.59 Å². The molecule has 0 bridgehead atoms. The number of carbonyl (C=O) groups excluding carboxylic acids is 2. The summed E-state index contributed by atoms with van der Waals surface area (Å²) in [6, 6.07) is 1.33. The van der Waals surface area contributed by atoms with Gasteiger partial charge in [0.1, 0.15) is 12.1 Å². The number of hydrogen-bond donors (Lipinski definition) is 1. The number of nitrogens with zero attached hydrogens (tertiary/aromatic N) is 1. The third-order valence-electron chi connectivity index (χ3n) is 3.99. The summed E-state index contributed by atoms with van der Waals surface area (Å²) in [5.41, 5.74) is 1.19. The molecule has 1 N–H and O–H groups in total. The Labute approximate surface area is 130 Å². The van der Waals surface area contributed by atoms with Gasteiger partial charge in [-0.2, -0.15) is 0 Å². The van der Waals surface area contributed by atoms with E-state index >= 15 is 0 Å². The van der Waals surface area contributed by atoms with Gasteiger partial charge < -0.3 is 10.2 Å². The Morgan fingerprint density at radius 3 is 2.62 bits per heavy atom. The molecule has 1 aromatic heterocycles. The number of rotatable bonds is 5. The summed E-state index contributed by atoms with van der Waals surface area (Å²) in [6.07, 6.45) is 1.59. The van der Waals surface area contributed by atoms with E-state index in [0.29, 0.717) is 13.0 Å². The fourth-order valence-electron chi connectivity index (χ4n) is 2.84. The predicted octanol–water partition coefficient (Wildman–Crippen LogP) is 2.71. The molecule has 1 aromatic rings. The normalized spacial score (nSPS) is 22.8. The molecule has 2 amide bonds. The smallest absolute Gasteiger partial charge is 0.246 e. The van der Waals surface area contributed by atoms with Crippen LogP contribution in [0.3, 0.4) is 0 Å². The second-order valence-corrected chi connectivity index (χ2v) is 7.03. The van der Waals surface area contributed by atoms with Crippen LogP contribution in [0.5, 0.6) is 0 Å². The van der Waals surface area contributed by atoms with Crippen LogP contribution in [0, 0.1) is 12.8 Å². The van der Waals surface area contributed by atoms with Crippen molar-refractivity contribution < 1.29 is 9.59 Å². The van der Waals surface area contributed by atoms with Crippen LogP contribution in [0.4, 0.5) is 0 Å². The van der Waals surface area contributed by atoms with E-state index in [2.05, 4.69) is 11.4 Å². The highest BCUT2D eigenvalue weighted by Crippen LogP contribution is 2.25. The topological polar surface area (TPSA) is 49.4 Å². The minimum Gasteiger partial charge on any atom is -0.342 e. The van der Waals surface area contributed by atoms with Crippen molar-refractivity contribution in [3.63, 3.8) is 0 Å². The Balaban J connectivity index is 2.27. The van der Waals surface area contributed by atoms with Gasteiger partial charge in [0.05, 0.1) is 6.54 Å². The van der Waals surface area contributed by atoms with Crippen LogP contribution in [0.15, 0.2) is 11.4 Å². The minimum absolute atomic E-state index is 0.0164. The average Bonchev–Trinajstić information content (AvgIpc) is 2.80. The van der Waals surface area contributed by atoms with Gasteiger partial charge in [0.15, 0.2) is 0 Å². The van der Waals surface area contributed by atoms with Crippen LogP contribution in [-0.4, -0.2) is 28.8 Å². The van der Waals surface area contributed by atoms with Crippen molar-refractivity contribution >= 4 is 23.2 Å². The van der Waals surface area contributed by atoms with Gasteiger partial charge in [-0.1, -0.05) is 27.2 Å². The number of nitrogens with one attached hydrogen (secondary N) is 1. The molecule has 4 nitrogen and oxygen atoms in total. The lowest BCUT2D eigenvalue weighted by molar-refractivity contribution is -0.152. The molecule has 0 spiro atoms. The van der Waals surface area contributed by atoms with E-state index in [0.717, 1.165) is 6.42 Å². The maximum atomic E-state index is 12.7. The van der Waals surface area contributed by atoms with Crippen LogP contribution in [0.2, 0.25) is 0 Å². The third-order valence-corrected chi connectivity index (χ3v) is 5.00. The Hall–Kier alpha value is -1.36. The van der Waals surface area contributed by atoms with Gasteiger partial charge in [-0.05, 0) is 36.3 Å². The molecule has 1 aliphatic heterocycles. The summed E-state index contributed by atoms with van der Waals surface area (Å²) in [5, 5.41) is 4.93. The molecule has 0 radical (unpaired) electrons. The van der Waals surface area contributed by atoms with Gasteiger partial charge in [-0.3, -0.25) is 9.59 Å². The average molecular weight is 308 g/mol. The van der Waals surface area contributed by atoms with Crippen molar-refractivity contribution in [1.82, 2.24) is 10.2 Å². The van der Waals surface area contributed by atoms with E-state index in [-0.39, 0.29) is 29.8 Å². The molecule has 1 fully saturated rings. The van der Waals surface area contributed by atoms with Gasteiger partial charge in [-0.25, -0.2) is 0 Å².